The molecule has 2 aromatic rings. The minimum absolute atomic E-state index is 0.180. The van der Waals surface area contributed by atoms with Crippen LogP contribution >= 0.6 is 12.2 Å². The molecule has 0 saturated carbocycles. The van der Waals surface area contributed by atoms with Crippen molar-refractivity contribution in [3.05, 3.63) is 71.8 Å². The number of nitrogens with zero attached hydrogens (tertiary/aromatic N) is 1. The van der Waals surface area contributed by atoms with Crippen LogP contribution in [0.3, 0.4) is 0 Å². The fourth-order valence-electron chi connectivity index (χ4n) is 3.80. The zero-order valence-corrected chi connectivity index (χ0v) is 19.0. The molecule has 0 aliphatic carbocycles. The van der Waals surface area contributed by atoms with Crippen LogP contribution in [0.5, 0.6) is 0 Å². The van der Waals surface area contributed by atoms with Crippen LogP contribution in [0.4, 0.5) is 0 Å². The Balaban J connectivity index is 1.43. The van der Waals surface area contributed by atoms with Crippen molar-refractivity contribution in [2.24, 2.45) is 5.92 Å². The molecule has 1 N–H and O–H groups in total. The molecule has 31 heavy (non-hydrogen) atoms. The fourth-order valence-corrected chi connectivity index (χ4v) is 4.16. The van der Waals surface area contributed by atoms with Gasteiger partial charge in [0.25, 0.3) is 5.17 Å². The number of aliphatic hydroxyl groups excluding tert-OH is 1. The monoisotopic (exact) mass is 441 g/mol. The van der Waals surface area contributed by atoms with Gasteiger partial charge in [-0.3, -0.25) is 9.69 Å². The summed E-state index contributed by atoms with van der Waals surface area (Å²) in [5, 5.41) is 10.7. The van der Waals surface area contributed by atoms with Gasteiger partial charge in [0.1, 0.15) is 6.10 Å². The van der Waals surface area contributed by atoms with E-state index in [1.807, 2.05) is 67.6 Å². The lowest BCUT2D eigenvalue weighted by molar-refractivity contribution is -0.135. The number of rotatable bonds is 10. The van der Waals surface area contributed by atoms with E-state index in [0.717, 1.165) is 24.0 Å². The number of hydrogen-bond donors (Lipinski definition) is 1. The average Bonchev–Trinajstić information content (AvgIpc) is 3.10. The van der Waals surface area contributed by atoms with E-state index < -0.39 is 12.0 Å². The Hall–Kier alpha value is -2.28. The largest absolute Gasteiger partial charge is 0.460 e. The lowest BCUT2D eigenvalue weighted by atomic mass is 9.96. The van der Waals surface area contributed by atoms with Gasteiger partial charge in [-0.05, 0) is 49.5 Å². The quantitative estimate of drug-likeness (QED) is 0.430. The van der Waals surface area contributed by atoms with Crippen LogP contribution in [-0.2, 0) is 20.9 Å². The van der Waals surface area contributed by atoms with Crippen LogP contribution in [0.25, 0.3) is 0 Å². The van der Waals surface area contributed by atoms with E-state index in [-0.39, 0.29) is 23.2 Å². The van der Waals surface area contributed by atoms with Crippen LogP contribution in [0.1, 0.15) is 50.3 Å². The van der Waals surface area contributed by atoms with Crippen molar-refractivity contribution < 1.29 is 19.4 Å². The number of carbonyl (C=O) groups is 1. The molecule has 1 amide bonds. The van der Waals surface area contributed by atoms with Crippen molar-refractivity contribution in [1.82, 2.24) is 4.90 Å². The first-order valence-electron chi connectivity index (χ1n) is 10.9. The van der Waals surface area contributed by atoms with E-state index in [2.05, 4.69) is 0 Å². The zero-order chi connectivity index (χ0) is 22.2. The Bertz CT molecular complexity index is 845. The molecular formula is C25H31NO4S. The van der Waals surface area contributed by atoms with E-state index in [0.29, 0.717) is 19.6 Å². The summed E-state index contributed by atoms with van der Waals surface area (Å²) >= 11 is 5.34. The van der Waals surface area contributed by atoms with E-state index >= 15 is 0 Å². The summed E-state index contributed by atoms with van der Waals surface area (Å²) in [4.78, 5) is 14.6. The first kappa shape index (κ1) is 23.4. The van der Waals surface area contributed by atoms with Gasteiger partial charge in [-0.1, -0.05) is 67.6 Å². The Labute approximate surface area is 190 Å². The van der Waals surface area contributed by atoms with Crippen LogP contribution in [-0.4, -0.2) is 39.8 Å². The normalized spacial score (nSPS) is 20.4. The second kappa shape index (κ2) is 11.4. The number of thiocarbonyl (C=S) groups is 1. The summed E-state index contributed by atoms with van der Waals surface area (Å²) in [6, 6.07) is 19.6. The standard InChI is InChI=1S/C25H31NO4S/c1-18(22(27)15-9-10-16-29-17-20-11-5-3-6-12-20)24(28)26-19(2)23(30-25(26)31)21-13-7-4-8-14-21/h3-8,11-14,18-19,22-23,27H,9-10,15-17H2,1-2H3/t18-,19-,22+,23-/m1/s1. The molecule has 0 radical (unpaired) electrons. The molecule has 1 heterocycles. The lowest BCUT2D eigenvalue weighted by Gasteiger charge is -2.26. The summed E-state index contributed by atoms with van der Waals surface area (Å²) in [6.45, 7) is 4.90. The van der Waals surface area contributed by atoms with Gasteiger partial charge in [0.15, 0.2) is 0 Å². The molecule has 1 saturated heterocycles. The molecular weight excluding hydrogens is 410 g/mol. The minimum atomic E-state index is -0.729. The zero-order valence-electron chi connectivity index (χ0n) is 18.1. The SMILES string of the molecule is C[C@@H]1[C@H](c2ccccc2)OC(=S)N1C(=O)[C@H](C)[C@@H](O)CCCCOCc1ccccc1. The predicted octanol–water partition coefficient (Wildman–Crippen LogP) is 4.64. The number of aliphatic hydroxyl groups is 1. The minimum Gasteiger partial charge on any atom is -0.460 e. The maximum absolute atomic E-state index is 13.1. The number of amides is 1. The maximum Gasteiger partial charge on any atom is 0.267 e. The third-order valence-electron chi connectivity index (χ3n) is 5.75. The van der Waals surface area contributed by atoms with Gasteiger partial charge >= 0.3 is 0 Å². The molecule has 0 unspecified atom stereocenters. The summed E-state index contributed by atoms with van der Waals surface area (Å²) < 4.78 is 11.5. The van der Waals surface area contributed by atoms with Gasteiger partial charge in [-0.15, -0.1) is 0 Å². The van der Waals surface area contributed by atoms with Crippen molar-refractivity contribution in [3.8, 4) is 0 Å². The molecule has 1 aliphatic heterocycles. The van der Waals surface area contributed by atoms with Crippen molar-refractivity contribution in [2.75, 3.05) is 6.61 Å². The van der Waals surface area contributed by atoms with Crippen LogP contribution in [0.2, 0.25) is 0 Å². The number of benzene rings is 2. The van der Waals surface area contributed by atoms with Crippen molar-refractivity contribution in [2.45, 2.75) is 58.0 Å². The molecule has 1 aliphatic rings. The topological polar surface area (TPSA) is 59.0 Å². The van der Waals surface area contributed by atoms with Gasteiger partial charge < -0.3 is 14.6 Å². The van der Waals surface area contributed by atoms with Gasteiger partial charge in [0, 0.05) is 6.61 Å². The van der Waals surface area contributed by atoms with Crippen molar-refractivity contribution >= 4 is 23.3 Å². The fraction of sp³-hybridized carbons (Fsp3) is 0.440. The summed E-state index contributed by atoms with van der Waals surface area (Å²) in [5.74, 6) is -0.743. The molecule has 3 rings (SSSR count). The third kappa shape index (κ3) is 6.12. The first-order valence-corrected chi connectivity index (χ1v) is 11.3. The third-order valence-corrected chi connectivity index (χ3v) is 6.05. The lowest BCUT2D eigenvalue weighted by Crippen LogP contribution is -2.44. The highest BCUT2D eigenvalue weighted by Gasteiger charge is 2.43. The van der Waals surface area contributed by atoms with E-state index in [9.17, 15) is 9.90 Å². The Morgan fingerprint density at radius 1 is 1.13 bits per heavy atom. The van der Waals surface area contributed by atoms with Crippen LogP contribution < -0.4 is 0 Å². The average molecular weight is 442 g/mol. The van der Waals surface area contributed by atoms with Crippen LogP contribution in [0, 0.1) is 5.92 Å². The van der Waals surface area contributed by atoms with Crippen LogP contribution in [0.15, 0.2) is 60.7 Å². The first-order chi connectivity index (χ1) is 15.0. The molecule has 0 aromatic heterocycles. The van der Waals surface area contributed by atoms with Crippen molar-refractivity contribution in [1.29, 1.82) is 0 Å². The Morgan fingerprint density at radius 2 is 1.77 bits per heavy atom. The second-order valence-electron chi connectivity index (χ2n) is 8.05. The number of unbranched alkanes of at least 4 members (excludes halogenated alkanes) is 1. The summed E-state index contributed by atoms with van der Waals surface area (Å²) in [6.07, 6.45) is 1.15. The molecule has 6 heteroatoms. The van der Waals surface area contributed by atoms with Gasteiger partial charge in [0.2, 0.25) is 5.91 Å². The molecule has 0 bridgehead atoms. The highest BCUT2D eigenvalue weighted by atomic mass is 32.1. The molecule has 166 valence electrons. The van der Waals surface area contributed by atoms with Gasteiger partial charge in [0.05, 0.1) is 24.7 Å². The summed E-state index contributed by atoms with van der Waals surface area (Å²) in [5.41, 5.74) is 2.13. The predicted molar refractivity (Wildman–Crippen MR) is 124 cm³/mol. The van der Waals surface area contributed by atoms with Gasteiger partial charge in [-0.25, -0.2) is 0 Å². The molecule has 2 aromatic carbocycles. The highest BCUT2D eigenvalue weighted by Crippen LogP contribution is 2.33. The van der Waals surface area contributed by atoms with Gasteiger partial charge in [-0.2, -0.15) is 0 Å². The Morgan fingerprint density at radius 3 is 2.45 bits per heavy atom. The number of hydrogen-bond acceptors (Lipinski definition) is 5. The second-order valence-corrected chi connectivity index (χ2v) is 8.40. The number of carbonyl (C=O) groups excluding carboxylic acids is 1. The van der Waals surface area contributed by atoms with E-state index in [1.54, 1.807) is 6.92 Å². The molecule has 1 fully saturated rings. The highest BCUT2D eigenvalue weighted by molar-refractivity contribution is 7.80. The Kier molecular flexibility index (Phi) is 8.58. The van der Waals surface area contributed by atoms with E-state index in [4.69, 9.17) is 21.7 Å². The molecule has 4 atom stereocenters. The maximum atomic E-state index is 13.1. The smallest absolute Gasteiger partial charge is 0.267 e. The van der Waals surface area contributed by atoms with Crippen molar-refractivity contribution in [3.63, 3.8) is 0 Å². The molecule has 5 nitrogen and oxygen atoms in total. The van der Waals surface area contributed by atoms with E-state index in [1.165, 1.54) is 4.90 Å². The number of ether oxygens (including phenoxy) is 2. The molecule has 0 spiro atoms. The summed E-state index contributed by atoms with van der Waals surface area (Å²) in [7, 11) is 0.